The van der Waals surface area contributed by atoms with Crippen LogP contribution in [0.25, 0.3) is 0 Å². The van der Waals surface area contributed by atoms with Crippen LogP contribution in [0.4, 0.5) is 5.69 Å². The minimum absolute atomic E-state index is 0.0565. The third kappa shape index (κ3) is 5.23. The fraction of sp³-hybridized carbons (Fsp3) is 0.300. The fourth-order valence-electron chi connectivity index (χ4n) is 2.48. The lowest BCUT2D eigenvalue weighted by Crippen LogP contribution is -2.30. The summed E-state index contributed by atoms with van der Waals surface area (Å²) in [5.41, 5.74) is 1.98. The molecule has 138 valence electrons. The molecule has 0 aliphatic carbocycles. The maximum atomic E-state index is 12.4. The molecule has 0 unspecified atom stereocenters. The third-order valence-corrected chi connectivity index (χ3v) is 4.37. The molecular formula is C20H23ClN2O3. The second-order valence-electron chi connectivity index (χ2n) is 5.81. The molecule has 26 heavy (non-hydrogen) atoms. The van der Waals surface area contributed by atoms with Gasteiger partial charge in [0.1, 0.15) is 5.75 Å². The molecule has 2 amide bonds. The van der Waals surface area contributed by atoms with E-state index in [4.69, 9.17) is 16.3 Å². The topological polar surface area (TPSA) is 58.6 Å². The number of nitrogens with zero attached hydrogens (tertiary/aromatic N) is 1. The Morgan fingerprint density at radius 2 is 1.85 bits per heavy atom. The number of amides is 2. The van der Waals surface area contributed by atoms with Crippen LogP contribution in [0, 0.1) is 6.92 Å². The molecule has 0 aliphatic heterocycles. The molecule has 0 fully saturated rings. The number of benzene rings is 2. The van der Waals surface area contributed by atoms with Gasteiger partial charge in [0.25, 0.3) is 11.8 Å². The Kier molecular flexibility index (Phi) is 7.04. The monoisotopic (exact) mass is 374 g/mol. The Balaban J connectivity index is 1.97. The van der Waals surface area contributed by atoms with Crippen molar-refractivity contribution in [1.29, 1.82) is 0 Å². The quantitative estimate of drug-likeness (QED) is 0.792. The van der Waals surface area contributed by atoms with E-state index in [1.807, 2.05) is 20.8 Å². The molecule has 2 aromatic rings. The standard InChI is InChI=1S/C20H23ClN2O3/c1-4-23(5-2)20(25)15-7-6-8-16(12-15)22-19(24)13-26-17-9-10-18(21)14(3)11-17/h6-12H,4-5,13H2,1-3H3,(H,22,24). The summed E-state index contributed by atoms with van der Waals surface area (Å²) in [7, 11) is 0. The summed E-state index contributed by atoms with van der Waals surface area (Å²) in [6.45, 7) is 6.88. The molecule has 0 saturated heterocycles. The number of nitrogens with one attached hydrogen (secondary N) is 1. The van der Waals surface area contributed by atoms with Crippen molar-refractivity contribution in [3.05, 3.63) is 58.6 Å². The highest BCUT2D eigenvalue weighted by molar-refractivity contribution is 6.31. The van der Waals surface area contributed by atoms with Crippen molar-refractivity contribution in [2.45, 2.75) is 20.8 Å². The van der Waals surface area contributed by atoms with Gasteiger partial charge in [0.05, 0.1) is 0 Å². The number of ether oxygens (including phenoxy) is 1. The Morgan fingerprint density at radius 3 is 2.50 bits per heavy atom. The third-order valence-electron chi connectivity index (χ3n) is 3.94. The van der Waals surface area contributed by atoms with Crippen molar-refractivity contribution in [3.8, 4) is 5.75 Å². The Morgan fingerprint density at radius 1 is 1.12 bits per heavy atom. The van der Waals surface area contributed by atoms with Crippen LogP contribution in [0.15, 0.2) is 42.5 Å². The molecular weight excluding hydrogens is 352 g/mol. The molecule has 0 radical (unpaired) electrons. The zero-order valence-electron chi connectivity index (χ0n) is 15.2. The van der Waals surface area contributed by atoms with Crippen molar-refractivity contribution in [3.63, 3.8) is 0 Å². The van der Waals surface area contributed by atoms with Gasteiger partial charge in [-0.3, -0.25) is 9.59 Å². The molecule has 0 saturated carbocycles. The Bertz CT molecular complexity index is 788. The van der Waals surface area contributed by atoms with E-state index in [9.17, 15) is 9.59 Å². The van der Waals surface area contributed by atoms with Crippen molar-refractivity contribution < 1.29 is 14.3 Å². The summed E-state index contributed by atoms with van der Waals surface area (Å²) in [4.78, 5) is 26.2. The predicted octanol–water partition coefficient (Wildman–Crippen LogP) is 4.15. The number of carbonyl (C=O) groups excluding carboxylic acids is 2. The zero-order valence-corrected chi connectivity index (χ0v) is 16.0. The van der Waals surface area contributed by atoms with E-state index < -0.39 is 0 Å². The Hall–Kier alpha value is -2.53. The first-order valence-corrected chi connectivity index (χ1v) is 8.90. The molecule has 0 aliphatic rings. The average Bonchev–Trinajstić information content (AvgIpc) is 2.64. The zero-order chi connectivity index (χ0) is 19.1. The highest BCUT2D eigenvalue weighted by atomic mass is 35.5. The van der Waals surface area contributed by atoms with Gasteiger partial charge in [0.15, 0.2) is 6.61 Å². The summed E-state index contributed by atoms with van der Waals surface area (Å²) < 4.78 is 5.48. The van der Waals surface area contributed by atoms with Gasteiger partial charge < -0.3 is 15.0 Å². The van der Waals surface area contributed by atoms with Gasteiger partial charge in [0, 0.05) is 29.4 Å². The molecule has 0 atom stereocenters. The normalized spacial score (nSPS) is 10.3. The van der Waals surface area contributed by atoms with Crippen molar-refractivity contribution >= 4 is 29.1 Å². The maximum absolute atomic E-state index is 12.4. The number of anilines is 1. The highest BCUT2D eigenvalue weighted by Gasteiger charge is 2.13. The second kappa shape index (κ2) is 9.25. The van der Waals surface area contributed by atoms with E-state index in [0.29, 0.717) is 35.1 Å². The van der Waals surface area contributed by atoms with E-state index in [1.54, 1.807) is 47.4 Å². The average molecular weight is 375 g/mol. The van der Waals surface area contributed by atoms with E-state index in [2.05, 4.69) is 5.32 Å². The number of rotatable bonds is 7. The first-order valence-electron chi connectivity index (χ1n) is 8.52. The van der Waals surface area contributed by atoms with Crippen LogP contribution >= 0.6 is 11.6 Å². The number of halogens is 1. The summed E-state index contributed by atoms with van der Waals surface area (Å²) >= 11 is 5.97. The lowest BCUT2D eigenvalue weighted by atomic mass is 10.1. The number of carbonyl (C=O) groups is 2. The highest BCUT2D eigenvalue weighted by Crippen LogP contribution is 2.21. The molecule has 0 heterocycles. The Labute approximate surface area is 158 Å². The number of aryl methyl sites for hydroxylation is 1. The van der Waals surface area contributed by atoms with Crippen LogP contribution in [-0.2, 0) is 4.79 Å². The number of hydrogen-bond donors (Lipinski definition) is 1. The van der Waals surface area contributed by atoms with Crippen LogP contribution in [0.2, 0.25) is 5.02 Å². The molecule has 6 heteroatoms. The van der Waals surface area contributed by atoms with Gasteiger partial charge in [-0.1, -0.05) is 17.7 Å². The molecule has 2 rings (SSSR count). The summed E-state index contributed by atoms with van der Waals surface area (Å²) in [6.07, 6.45) is 0. The van der Waals surface area contributed by atoms with E-state index in [-0.39, 0.29) is 18.4 Å². The van der Waals surface area contributed by atoms with Crippen LogP contribution in [0.1, 0.15) is 29.8 Å². The van der Waals surface area contributed by atoms with Gasteiger partial charge in [-0.05, 0) is 62.7 Å². The fourth-order valence-corrected chi connectivity index (χ4v) is 2.59. The van der Waals surface area contributed by atoms with Gasteiger partial charge in [-0.15, -0.1) is 0 Å². The molecule has 0 bridgehead atoms. The minimum Gasteiger partial charge on any atom is -0.484 e. The van der Waals surface area contributed by atoms with Crippen LogP contribution < -0.4 is 10.1 Å². The smallest absolute Gasteiger partial charge is 0.262 e. The van der Waals surface area contributed by atoms with Crippen LogP contribution in [0.5, 0.6) is 5.75 Å². The van der Waals surface area contributed by atoms with Gasteiger partial charge in [-0.2, -0.15) is 0 Å². The van der Waals surface area contributed by atoms with E-state index in [0.717, 1.165) is 5.56 Å². The first-order chi connectivity index (χ1) is 12.4. The second-order valence-corrected chi connectivity index (χ2v) is 6.21. The molecule has 0 aromatic heterocycles. The van der Waals surface area contributed by atoms with Crippen molar-refractivity contribution in [2.24, 2.45) is 0 Å². The summed E-state index contributed by atoms with van der Waals surface area (Å²) in [6, 6.07) is 12.1. The maximum Gasteiger partial charge on any atom is 0.262 e. The van der Waals surface area contributed by atoms with E-state index in [1.165, 1.54) is 0 Å². The lowest BCUT2D eigenvalue weighted by molar-refractivity contribution is -0.118. The molecule has 5 nitrogen and oxygen atoms in total. The first kappa shape index (κ1) is 19.8. The number of hydrogen-bond acceptors (Lipinski definition) is 3. The summed E-state index contributed by atoms with van der Waals surface area (Å²) in [5.74, 6) is 0.219. The molecule has 0 spiro atoms. The summed E-state index contributed by atoms with van der Waals surface area (Å²) in [5, 5.41) is 3.40. The molecule has 2 aromatic carbocycles. The van der Waals surface area contributed by atoms with Gasteiger partial charge >= 0.3 is 0 Å². The largest absolute Gasteiger partial charge is 0.484 e. The SMILES string of the molecule is CCN(CC)C(=O)c1cccc(NC(=O)COc2ccc(Cl)c(C)c2)c1. The van der Waals surface area contributed by atoms with Crippen LogP contribution in [0.3, 0.4) is 0 Å². The van der Waals surface area contributed by atoms with Crippen molar-refractivity contribution in [1.82, 2.24) is 4.90 Å². The predicted molar refractivity (Wildman–Crippen MR) is 104 cm³/mol. The van der Waals surface area contributed by atoms with Crippen LogP contribution in [-0.4, -0.2) is 36.4 Å². The minimum atomic E-state index is -0.301. The van der Waals surface area contributed by atoms with Crippen molar-refractivity contribution in [2.75, 3.05) is 25.0 Å². The van der Waals surface area contributed by atoms with Gasteiger partial charge in [-0.25, -0.2) is 0 Å². The lowest BCUT2D eigenvalue weighted by Gasteiger charge is -2.19. The molecule has 1 N–H and O–H groups in total. The van der Waals surface area contributed by atoms with Gasteiger partial charge in [0.2, 0.25) is 0 Å². The van der Waals surface area contributed by atoms with E-state index >= 15 is 0 Å².